The highest BCUT2D eigenvalue weighted by molar-refractivity contribution is 7.13. The maximum atomic E-state index is 12.4. The maximum absolute atomic E-state index is 12.4. The quantitative estimate of drug-likeness (QED) is 0.443. The molecule has 0 fully saturated rings. The maximum Gasteiger partial charge on any atom is 0.230 e. The summed E-state index contributed by atoms with van der Waals surface area (Å²) in [6.45, 7) is -1.71. The van der Waals surface area contributed by atoms with Crippen molar-refractivity contribution in [3.8, 4) is 0 Å². The highest BCUT2D eigenvalue weighted by atomic mass is 32.1. The van der Waals surface area contributed by atoms with Crippen molar-refractivity contribution in [2.45, 2.75) is 18.9 Å². The third-order valence-corrected chi connectivity index (χ3v) is 4.54. The summed E-state index contributed by atoms with van der Waals surface area (Å²) in [6.07, 6.45) is -3.12. The molecule has 5 N–H and O–H groups in total. The van der Waals surface area contributed by atoms with Crippen LogP contribution in [0.5, 0.6) is 0 Å². The van der Waals surface area contributed by atoms with Crippen LogP contribution in [-0.4, -0.2) is 29.0 Å². The molecule has 1 heterocycles. The van der Waals surface area contributed by atoms with Gasteiger partial charge in [-0.05, 0) is 36.2 Å². The van der Waals surface area contributed by atoms with Gasteiger partial charge in [-0.1, -0.05) is 42.5 Å². The lowest BCUT2D eigenvalue weighted by molar-refractivity contribution is -0.115. The minimum absolute atomic E-state index is 0.0350. The summed E-state index contributed by atoms with van der Waals surface area (Å²) in [5, 5.41) is 17.2. The van der Waals surface area contributed by atoms with Crippen LogP contribution in [0.25, 0.3) is 0 Å². The third kappa shape index (κ3) is 6.16. The lowest BCUT2D eigenvalue weighted by Gasteiger charge is -2.12. The van der Waals surface area contributed by atoms with Gasteiger partial charge in [0.25, 0.3) is 0 Å². The van der Waals surface area contributed by atoms with E-state index in [-0.39, 0.29) is 17.4 Å². The van der Waals surface area contributed by atoms with Crippen molar-refractivity contribution >= 4 is 28.1 Å². The molecule has 1 atom stereocenters. The number of nitrogens with one attached hydrogen (secondary N) is 2. The van der Waals surface area contributed by atoms with Crippen LogP contribution in [0, 0.1) is 0 Å². The molecule has 0 aliphatic rings. The van der Waals surface area contributed by atoms with Gasteiger partial charge in [-0.15, -0.1) is 11.3 Å². The van der Waals surface area contributed by atoms with Crippen molar-refractivity contribution in [1.82, 2.24) is 10.3 Å². The number of thiazole rings is 1. The molecule has 2 aromatic carbocycles. The zero-order valence-electron chi connectivity index (χ0n) is 19.1. The fraction of sp³-hybridized carbons (Fsp3) is 0.238. The predicted octanol–water partition coefficient (Wildman–Crippen LogP) is 2.77. The van der Waals surface area contributed by atoms with Gasteiger partial charge in [0.2, 0.25) is 5.91 Å². The molecule has 28 heavy (non-hydrogen) atoms. The van der Waals surface area contributed by atoms with Gasteiger partial charge in [0, 0.05) is 23.0 Å². The number of anilines is 2. The first-order chi connectivity index (χ1) is 15.1. The van der Waals surface area contributed by atoms with Crippen molar-refractivity contribution in [3.63, 3.8) is 0 Å². The lowest BCUT2D eigenvalue weighted by atomic mass is 10.1. The molecule has 7 heteroatoms. The first-order valence-corrected chi connectivity index (χ1v) is 9.57. The van der Waals surface area contributed by atoms with E-state index in [9.17, 15) is 9.90 Å². The average molecular weight is 401 g/mol. The Labute approximate surface area is 174 Å². The number of hydrogen-bond donors (Lipinski definition) is 4. The summed E-state index contributed by atoms with van der Waals surface area (Å²) < 4.78 is 32.2. The van der Waals surface area contributed by atoms with Crippen LogP contribution in [0.4, 0.5) is 10.8 Å². The largest absolute Gasteiger partial charge is 0.387 e. The molecule has 0 bridgehead atoms. The van der Waals surface area contributed by atoms with Gasteiger partial charge in [0.15, 0.2) is 5.13 Å². The highest BCUT2D eigenvalue weighted by Gasteiger charge is 2.08. The molecule has 6 nitrogen and oxygen atoms in total. The van der Waals surface area contributed by atoms with Gasteiger partial charge in [-0.2, -0.15) is 0 Å². The molecular weight excluding hydrogens is 372 g/mol. The van der Waals surface area contributed by atoms with Gasteiger partial charge < -0.3 is 21.5 Å². The van der Waals surface area contributed by atoms with E-state index in [0.717, 1.165) is 16.9 Å². The number of carbonyl (C=O) groups excluding carboxylic acids is 1. The van der Waals surface area contributed by atoms with Crippen LogP contribution in [0.15, 0.2) is 60.0 Å². The monoisotopic (exact) mass is 400 g/mol. The van der Waals surface area contributed by atoms with Crippen molar-refractivity contribution in [2.24, 2.45) is 0 Å². The summed E-state index contributed by atoms with van der Waals surface area (Å²) in [6, 6.07) is 15.4. The van der Waals surface area contributed by atoms with Gasteiger partial charge in [0.1, 0.15) is 0 Å². The SMILES string of the molecule is [2H]C([2H])(C(=O)Nc1ccc(CCNC([2H])([2H])[C@@H](O)c2ccccc2)cc1)c1csc(N)n1. The van der Waals surface area contributed by atoms with E-state index in [2.05, 4.69) is 15.6 Å². The number of rotatable bonds is 9. The molecular formula is C21H24N4O2S. The molecule has 146 valence electrons. The van der Waals surface area contributed by atoms with Crippen LogP contribution in [0.2, 0.25) is 0 Å². The van der Waals surface area contributed by atoms with E-state index in [1.54, 1.807) is 54.6 Å². The van der Waals surface area contributed by atoms with Crippen molar-refractivity contribution in [1.29, 1.82) is 0 Å². The number of hydrogen-bond acceptors (Lipinski definition) is 6. The Kier molecular flexibility index (Phi) is 5.42. The van der Waals surface area contributed by atoms with E-state index >= 15 is 0 Å². The van der Waals surface area contributed by atoms with Crippen molar-refractivity contribution in [3.05, 3.63) is 76.8 Å². The molecule has 0 saturated heterocycles. The van der Waals surface area contributed by atoms with Gasteiger partial charge in [-0.25, -0.2) is 4.98 Å². The normalized spacial score (nSPS) is 15.0. The molecule has 3 rings (SSSR count). The fourth-order valence-electron chi connectivity index (χ4n) is 2.47. The summed E-state index contributed by atoms with van der Waals surface area (Å²) in [7, 11) is 0. The van der Waals surface area contributed by atoms with Crippen LogP contribution >= 0.6 is 11.3 Å². The van der Waals surface area contributed by atoms with Gasteiger partial charge in [0.05, 0.1) is 18.2 Å². The van der Waals surface area contributed by atoms with Gasteiger partial charge >= 0.3 is 0 Å². The first-order valence-electron chi connectivity index (χ1n) is 10.7. The Morgan fingerprint density at radius 1 is 1.21 bits per heavy atom. The zero-order valence-corrected chi connectivity index (χ0v) is 15.9. The van der Waals surface area contributed by atoms with Crippen molar-refractivity contribution in [2.75, 3.05) is 24.1 Å². The third-order valence-electron chi connectivity index (χ3n) is 3.87. The molecule has 1 aromatic heterocycles. The van der Waals surface area contributed by atoms with Crippen molar-refractivity contribution < 1.29 is 15.4 Å². The van der Waals surface area contributed by atoms with E-state index in [4.69, 9.17) is 11.2 Å². The number of carbonyl (C=O) groups is 1. The molecule has 0 aliphatic heterocycles. The number of nitrogen functional groups attached to an aromatic ring is 1. The Bertz CT molecular complexity index is 1050. The van der Waals surface area contributed by atoms with Crippen LogP contribution in [0.1, 0.15) is 28.4 Å². The second kappa shape index (κ2) is 9.98. The fourth-order valence-corrected chi connectivity index (χ4v) is 2.97. The molecule has 0 radical (unpaired) electrons. The number of aliphatic hydroxyl groups is 1. The average Bonchev–Trinajstić information content (AvgIpc) is 3.22. The van der Waals surface area contributed by atoms with Gasteiger partial charge in [-0.3, -0.25) is 4.79 Å². The smallest absolute Gasteiger partial charge is 0.230 e. The summed E-state index contributed by atoms with van der Waals surface area (Å²) >= 11 is 1.06. The summed E-state index contributed by atoms with van der Waals surface area (Å²) in [5.74, 6) is -0.847. The second-order valence-electron chi connectivity index (χ2n) is 5.98. The Balaban J connectivity index is 1.53. The molecule has 3 aromatic rings. The first kappa shape index (κ1) is 15.2. The lowest BCUT2D eigenvalue weighted by Crippen LogP contribution is -2.23. The number of nitrogens with zero attached hydrogens (tertiary/aromatic N) is 1. The summed E-state index contributed by atoms with van der Waals surface area (Å²) in [4.78, 5) is 16.2. The van der Waals surface area contributed by atoms with Crippen LogP contribution in [0.3, 0.4) is 0 Å². The molecule has 0 unspecified atom stereocenters. The predicted molar refractivity (Wildman–Crippen MR) is 113 cm³/mol. The minimum Gasteiger partial charge on any atom is -0.387 e. The van der Waals surface area contributed by atoms with E-state index in [0.29, 0.717) is 17.7 Å². The number of amides is 1. The number of aliphatic hydroxyl groups excluding tert-OH is 1. The topological polar surface area (TPSA) is 100 Å². The molecule has 1 amide bonds. The van der Waals surface area contributed by atoms with Crippen LogP contribution < -0.4 is 16.4 Å². The molecule has 0 saturated carbocycles. The number of aromatic nitrogens is 1. The standard InChI is InChI=1S/C21H24N4O2S/c22-21-25-18(14-28-21)12-20(27)24-17-8-6-15(7-9-17)10-11-23-13-19(26)16-4-2-1-3-5-16/h1-9,14,19,23,26H,10-13H2,(H2,22,25)(H,24,27)/t19-/m1/s1/i12D2,13D2. The van der Waals surface area contributed by atoms with E-state index in [1.165, 1.54) is 5.38 Å². The highest BCUT2D eigenvalue weighted by Crippen LogP contribution is 2.14. The Hall–Kier alpha value is -2.74. The van der Waals surface area contributed by atoms with E-state index in [1.807, 2.05) is 0 Å². The second-order valence-corrected chi connectivity index (χ2v) is 6.87. The minimum atomic E-state index is -2.32. The zero-order chi connectivity index (χ0) is 23.4. The Morgan fingerprint density at radius 3 is 2.64 bits per heavy atom. The molecule has 0 aliphatic carbocycles. The van der Waals surface area contributed by atoms with E-state index < -0.39 is 24.9 Å². The Morgan fingerprint density at radius 2 is 1.96 bits per heavy atom. The number of benzene rings is 2. The summed E-state index contributed by atoms with van der Waals surface area (Å²) in [5.41, 5.74) is 7.29. The number of nitrogens with two attached hydrogens (primary N) is 1. The molecule has 0 spiro atoms. The van der Waals surface area contributed by atoms with Crippen LogP contribution in [-0.2, 0) is 17.6 Å².